The van der Waals surface area contributed by atoms with Crippen molar-refractivity contribution in [3.8, 4) is 0 Å². The summed E-state index contributed by atoms with van der Waals surface area (Å²) in [5.41, 5.74) is 1.36. The molecule has 2 rings (SSSR count). The average Bonchev–Trinajstić information content (AvgIpc) is 3.17. The second-order valence-electron chi connectivity index (χ2n) is 8.43. The second kappa shape index (κ2) is 15.1. The van der Waals surface area contributed by atoms with Crippen LogP contribution in [0, 0.1) is 0 Å². The van der Waals surface area contributed by atoms with Crippen LogP contribution in [0.4, 0.5) is 0 Å². The number of nitrogens with zero attached hydrogens (tertiary/aromatic N) is 2. The summed E-state index contributed by atoms with van der Waals surface area (Å²) in [6.45, 7) is 3.18. The first-order chi connectivity index (χ1) is 13.4. The molecule has 1 fully saturated rings. The van der Waals surface area contributed by atoms with Gasteiger partial charge in [-0.15, -0.1) is 0 Å². The Morgan fingerprint density at radius 2 is 1.44 bits per heavy atom. The van der Waals surface area contributed by atoms with Crippen molar-refractivity contribution in [3.05, 3.63) is 18.0 Å². The first-order valence-corrected chi connectivity index (χ1v) is 12.1. The van der Waals surface area contributed by atoms with E-state index in [1.807, 2.05) is 6.20 Å². The summed E-state index contributed by atoms with van der Waals surface area (Å²) >= 11 is 0. The van der Waals surface area contributed by atoms with Gasteiger partial charge in [-0.2, -0.15) is 5.10 Å². The fourth-order valence-electron chi connectivity index (χ4n) is 4.22. The molecule has 3 nitrogen and oxygen atoms in total. The predicted octanol–water partition coefficient (Wildman–Crippen LogP) is 7.61. The Morgan fingerprint density at radius 1 is 0.852 bits per heavy atom. The van der Waals surface area contributed by atoms with Crippen molar-refractivity contribution in [2.75, 3.05) is 6.61 Å². The maximum atomic E-state index is 5.89. The Labute approximate surface area is 168 Å². The van der Waals surface area contributed by atoms with Crippen LogP contribution in [0.15, 0.2) is 12.3 Å². The average molecular weight is 377 g/mol. The minimum Gasteiger partial charge on any atom is -0.357 e. The lowest BCUT2D eigenvalue weighted by atomic mass is 10.0. The van der Waals surface area contributed by atoms with Crippen molar-refractivity contribution in [2.24, 2.45) is 0 Å². The van der Waals surface area contributed by atoms with Crippen LogP contribution >= 0.6 is 0 Å². The number of ether oxygens (including phenoxy) is 1. The summed E-state index contributed by atoms with van der Waals surface area (Å²) in [5.74, 6) is 0. The van der Waals surface area contributed by atoms with E-state index in [-0.39, 0.29) is 6.23 Å². The third kappa shape index (κ3) is 9.78. The van der Waals surface area contributed by atoms with Crippen LogP contribution in [-0.2, 0) is 11.2 Å². The molecule has 1 aromatic heterocycles. The molecule has 1 saturated heterocycles. The van der Waals surface area contributed by atoms with E-state index in [1.165, 1.54) is 108 Å². The third-order valence-corrected chi connectivity index (χ3v) is 5.97. The number of hydrogen-bond acceptors (Lipinski definition) is 2. The fourth-order valence-corrected chi connectivity index (χ4v) is 4.22. The molecule has 0 unspecified atom stereocenters. The Morgan fingerprint density at radius 3 is 2.00 bits per heavy atom. The predicted molar refractivity (Wildman–Crippen MR) is 115 cm³/mol. The zero-order valence-electron chi connectivity index (χ0n) is 18.0. The molecule has 1 atom stereocenters. The fraction of sp³-hybridized carbons (Fsp3) is 0.875. The quantitative estimate of drug-likeness (QED) is 0.278. The van der Waals surface area contributed by atoms with Gasteiger partial charge in [-0.1, -0.05) is 90.4 Å². The van der Waals surface area contributed by atoms with Gasteiger partial charge in [0.2, 0.25) is 0 Å². The molecule has 156 valence electrons. The summed E-state index contributed by atoms with van der Waals surface area (Å²) in [5, 5.41) is 4.52. The monoisotopic (exact) mass is 376 g/mol. The highest BCUT2D eigenvalue weighted by Crippen LogP contribution is 2.24. The van der Waals surface area contributed by atoms with Crippen LogP contribution in [0.2, 0.25) is 0 Å². The van der Waals surface area contributed by atoms with Gasteiger partial charge >= 0.3 is 0 Å². The van der Waals surface area contributed by atoms with Gasteiger partial charge in [-0.3, -0.25) is 0 Å². The summed E-state index contributed by atoms with van der Waals surface area (Å²) in [7, 11) is 0. The number of unbranched alkanes of at least 4 members (excludes halogenated alkanes) is 13. The summed E-state index contributed by atoms with van der Waals surface area (Å²) in [6, 6.07) is 2.18. The molecule has 27 heavy (non-hydrogen) atoms. The van der Waals surface area contributed by atoms with Gasteiger partial charge in [-0.25, -0.2) is 4.68 Å². The van der Waals surface area contributed by atoms with E-state index in [4.69, 9.17) is 4.74 Å². The minimum atomic E-state index is 0.190. The number of aryl methyl sites for hydroxylation is 1. The van der Waals surface area contributed by atoms with Crippen LogP contribution in [0.1, 0.15) is 128 Å². The largest absolute Gasteiger partial charge is 0.357 e. The highest BCUT2D eigenvalue weighted by atomic mass is 16.5. The zero-order valence-corrected chi connectivity index (χ0v) is 18.0. The molecular weight excluding hydrogens is 332 g/mol. The van der Waals surface area contributed by atoms with Crippen LogP contribution < -0.4 is 0 Å². The Balaban J connectivity index is 1.39. The van der Waals surface area contributed by atoms with E-state index in [1.54, 1.807) is 0 Å². The van der Waals surface area contributed by atoms with Crippen LogP contribution in [0.5, 0.6) is 0 Å². The number of aromatic nitrogens is 2. The SMILES string of the molecule is CCCCCCCCCCCCCCCCc1ccnn1[C@H]1CCCCO1. The lowest BCUT2D eigenvalue weighted by Crippen LogP contribution is -2.20. The van der Waals surface area contributed by atoms with E-state index < -0.39 is 0 Å². The van der Waals surface area contributed by atoms with Gasteiger partial charge in [-0.05, 0) is 38.2 Å². The Kier molecular flexibility index (Phi) is 12.6. The lowest BCUT2D eigenvalue weighted by molar-refractivity contribution is -0.0411. The number of hydrogen-bond donors (Lipinski definition) is 0. The van der Waals surface area contributed by atoms with Gasteiger partial charge in [0.1, 0.15) is 6.23 Å². The van der Waals surface area contributed by atoms with Crippen LogP contribution in [0.25, 0.3) is 0 Å². The molecular formula is C24H44N2O. The first kappa shape index (κ1) is 22.5. The third-order valence-electron chi connectivity index (χ3n) is 5.97. The van der Waals surface area contributed by atoms with Crippen molar-refractivity contribution < 1.29 is 4.74 Å². The Hall–Kier alpha value is -0.830. The van der Waals surface area contributed by atoms with Crippen LogP contribution in [0.3, 0.4) is 0 Å². The van der Waals surface area contributed by atoms with Gasteiger partial charge < -0.3 is 4.74 Å². The molecule has 0 aromatic carbocycles. The highest BCUT2D eigenvalue weighted by molar-refractivity contribution is 5.01. The maximum Gasteiger partial charge on any atom is 0.150 e. The molecule has 1 aliphatic rings. The highest BCUT2D eigenvalue weighted by Gasteiger charge is 2.18. The van der Waals surface area contributed by atoms with Crippen molar-refractivity contribution in [2.45, 2.75) is 129 Å². The van der Waals surface area contributed by atoms with Crippen molar-refractivity contribution in [3.63, 3.8) is 0 Å². The molecule has 0 saturated carbocycles. The molecule has 0 N–H and O–H groups in total. The van der Waals surface area contributed by atoms with Crippen LogP contribution in [-0.4, -0.2) is 16.4 Å². The molecule has 0 radical (unpaired) electrons. The van der Waals surface area contributed by atoms with E-state index in [2.05, 4.69) is 22.8 Å². The van der Waals surface area contributed by atoms with Crippen molar-refractivity contribution >= 4 is 0 Å². The summed E-state index contributed by atoms with van der Waals surface area (Å²) in [4.78, 5) is 0. The summed E-state index contributed by atoms with van der Waals surface area (Å²) < 4.78 is 8.03. The molecule has 0 amide bonds. The topological polar surface area (TPSA) is 27.1 Å². The van der Waals surface area contributed by atoms with Gasteiger partial charge in [0, 0.05) is 18.5 Å². The van der Waals surface area contributed by atoms with Crippen molar-refractivity contribution in [1.82, 2.24) is 9.78 Å². The molecule has 0 spiro atoms. The van der Waals surface area contributed by atoms with E-state index >= 15 is 0 Å². The van der Waals surface area contributed by atoms with Gasteiger partial charge in [0.15, 0.2) is 0 Å². The molecule has 1 aromatic rings. The molecule has 0 bridgehead atoms. The van der Waals surface area contributed by atoms with Gasteiger partial charge in [0.25, 0.3) is 0 Å². The molecule has 3 heteroatoms. The lowest BCUT2D eigenvalue weighted by Gasteiger charge is -2.24. The number of rotatable bonds is 16. The van der Waals surface area contributed by atoms with E-state index in [9.17, 15) is 0 Å². The van der Waals surface area contributed by atoms with E-state index in [0.29, 0.717) is 0 Å². The van der Waals surface area contributed by atoms with Gasteiger partial charge in [0.05, 0.1) is 0 Å². The summed E-state index contributed by atoms with van der Waals surface area (Å²) in [6.07, 6.45) is 26.7. The Bertz CT molecular complexity index is 451. The van der Waals surface area contributed by atoms with Crippen molar-refractivity contribution in [1.29, 1.82) is 0 Å². The zero-order chi connectivity index (χ0) is 19.0. The molecule has 2 heterocycles. The molecule has 1 aliphatic heterocycles. The normalized spacial score (nSPS) is 17.4. The minimum absolute atomic E-state index is 0.190. The first-order valence-electron chi connectivity index (χ1n) is 12.1. The molecule has 0 aliphatic carbocycles. The standard InChI is InChI=1S/C24H44N2O/c1-2-3-4-5-6-7-8-9-10-11-12-13-14-15-18-23-20-21-25-26(23)24-19-16-17-22-27-24/h20-21,24H,2-19,22H2,1H3/t24-/m1/s1. The van der Waals surface area contributed by atoms with E-state index in [0.717, 1.165) is 19.4 Å². The second-order valence-corrected chi connectivity index (χ2v) is 8.43. The maximum absolute atomic E-state index is 5.89. The smallest absolute Gasteiger partial charge is 0.150 e.